The molecule has 0 unspecified atom stereocenters. The summed E-state index contributed by atoms with van der Waals surface area (Å²) < 4.78 is 5.43. The van der Waals surface area contributed by atoms with E-state index in [1.807, 2.05) is 13.8 Å². The molecule has 1 N–H and O–H groups in total. The zero-order valence-electron chi connectivity index (χ0n) is 16.5. The summed E-state index contributed by atoms with van der Waals surface area (Å²) in [6.45, 7) is 5.80. The molecule has 150 valence electrons. The molecule has 29 heavy (non-hydrogen) atoms. The first-order chi connectivity index (χ1) is 14.0. The third kappa shape index (κ3) is 4.35. The van der Waals surface area contributed by atoms with Crippen LogP contribution in [0.2, 0.25) is 0 Å². The highest BCUT2D eigenvalue weighted by Crippen LogP contribution is 2.38. The number of benzene rings is 2. The van der Waals surface area contributed by atoms with Crippen LogP contribution in [-0.2, 0) is 14.4 Å². The Balaban J connectivity index is 1.95. The number of carbonyl (C=O) groups is 3. The number of amides is 3. The number of imide groups is 1. The quantitative estimate of drug-likeness (QED) is 0.696. The van der Waals surface area contributed by atoms with E-state index in [2.05, 4.69) is 5.32 Å². The van der Waals surface area contributed by atoms with Crippen molar-refractivity contribution in [2.24, 2.45) is 0 Å². The lowest BCUT2D eigenvalue weighted by Crippen LogP contribution is -2.31. The molecule has 3 amide bonds. The lowest BCUT2D eigenvalue weighted by atomic mass is 10.1. The van der Waals surface area contributed by atoms with Crippen molar-refractivity contribution in [1.82, 2.24) is 0 Å². The molecule has 2 aromatic rings. The molecule has 0 bridgehead atoms. The molecule has 0 aliphatic carbocycles. The normalized spacial score (nSPS) is 13.8. The third-order valence-electron chi connectivity index (χ3n) is 4.23. The Morgan fingerprint density at radius 1 is 1.00 bits per heavy atom. The fourth-order valence-corrected chi connectivity index (χ4v) is 3.91. The molecule has 0 saturated carbocycles. The van der Waals surface area contributed by atoms with Gasteiger partial charge in [0.05, 0.1) is 22.8 Å². The molecule has 1 aliphatic heterocycles. The standard InChI is InChI=1S/C22H22N2O4S/c1-4-28-18-12-10-17(11-13-18)24-21(26)19(20(22(24)27)29-5-2)15-6-8-16(9-7-15)23-14(3)25/h6-13H,4-5H2,1-3H3,(H,23,25). The molecule has 1 heterocycles. The highest BCUT2D eigenvalue weighted by molar-refractivity contribution is 8.04. The fraction of sp³-hybridized carbons (Fsp3) is 0.227. The van der Waals surface area contributed by atoms with Gasteiger partial charge in [0.25, 0.3) is 11.8 Å². The second kappa shape index (κ2) is 8.96. The van der Waals surface area contributed by atoms with E-state index in [0.717, 1.165) is 0 Å². The molecule has 0 aromatic heterocycles. The summed E-state index contributed by atoms with van der Waals surface area (Å²) in [5, 5.41) is 2.69. The van der Waals surface area contributed by atoms with Gasteiger partial charge in [-0.1, -0.05) is 19.1 Å². The number of nitrogens with one attached hydrogen (secondary N) is 1. The Hall–Kier alpha value is -3.06. The van der Waals surface area contributed by atoms with Crippen molar-refractivity contribution in [2.45, 2.75) is 20.8 Å². The molecule has 6 nitrogen and oxygen atoms in total. The zero-order valence-corrected chi connectivity index (χ0v) is 17.3. The van der Waals surface area contributed by atoms with Crippen LogP contribution < -0.4 is 15.0 Å². The summed E-state index contributed by atoms with van der Waals surface area (Å²) in [7, 11) is 0. The van der Waals surface area contributed by atoms with Crippen LogP contribution in [0, 0.1) is 0 Å². The molecule has 0 spiro atoms. The first kappa shape index (κ1) is 20.7. The molecule has 0 atom stereocenters. The molecular weight excluding hydrogens is 388 g/mol. The van der Waals surface area contributed by atoms with Gasteiger partial charge in [0.2, 0.25) is 5.91 Å². The van der Waals surface area contributed by atoms with Gasteiger partial charge >= 0.3 is 0 Å². The number of carbonyl (C=O) groups excluding carboxylic acids is 3. The van der Waals surface area contributed by atoms with Crippen LogP contribution >= 0.6 is 11.8 Å². The maximum atomic E-state index is 13.2. The average molecular weight is 410 g/mol. The third-order valence-corrected chi connectivity index (χ3v) is 5.19. The number of hydrogen-bond acceptors (Lipinski definition) is 5. The number of nitrogens with zero attached hydrogens (tertiary/aromatic N) is 1. The molecule has 1 aliphatic rings. The van der Waals surface area contributed by atoms with E-state index in [1.54, 1.807) is 48.5 Å². The van der Waals surface area contributed by atoms with Gasteiger partial charge < -0.3 is 10.1 Å². The number of anilines is 2. The Morgan fingerprint density at radius 3 is 2.21 bits per heavy atom. The predicted octanol–water partition coefficient (Wildman–Crippen LogP) is 4.08. The van der Waals surface area contributed by atoms with Crippen molar-refractivity contribution in [3.05, 3.63) is 59.0 Å². The van der Waals surface area contributed by atoms with Crippen molar-refractivity contribution in [1.29, 1.82) is 0 Å². The van der Waals surface area contributed by atoms with Gasteiger partial charge in [-0.2, -0.15) is 0 Å². The minimum absolute atomic E-state index is 0.173. The topological polar surface area (TPSA) is 75.7 Å². The summed E-state index contributed by atoms with van der Waals surface area (Å²) in [4.78, 5) is 39.1. The molecule has 0 saturated heterocycles. The molecule has 3 rings (SSSR count). The van der Waals surface area contributed by atoms with Crippen LogP contribution in [0.1, 0.15) is 26.3 Å². The SMILES string of the molecule is CCOc1ccc(N2C(=O)C(SCC)=C(c3ccc(NC(C)=O)cc3)C2=O)cc1. The van der Waals surface area contributed by atoms with Crippen LogP contribution in [0.4, 0.5) is 11.4 Å². The monoisotopic (exact) mass is 410 g/mol. The summed E-state index contributed by atoms with van der Waals surface area (Å²) >= 11 is 1.35. The average Bonchev–Trinajstić information content (AvgIpc) is 2.93. The maximum absolute atomic E-state index is 13.2. The van der Waals surface area contributed by atoms with Gasteiger partial charge in [0.1, 0.15) is 5.75 Å². The number of rotatable bonds is 7. The van der Waals surface area contributed by atoms with Crippen LogP contribution in [0.3, 0.4) is 0 Å². The second-order valence-electron chi connectivity index (χ2n) is 6.27. The lowest BCUT2D eigenvalue weighted by molar-refractivity contribution is -0.120. The number of ether oxygens (including phenoxy) is 1. The number of hydrogen-bond donors (Lipinski definition) is 1. The highest BCUT2D eigenvalue weighted by Gasteiger charge is 2.39. The molecule has 2 aromatic carbocycles. The first-order valence-corrected chi connectivity index (χ1v) is 10.3. The second-order valence-corrected chi connectivity index (χ2v) is 7.54. The highest BCUT2D eigenvalue weighted by atomic mass is 32.2. The van der Waals surface area contributed by atoms with Crippen molar-refractivity contribution >= 4 is 46.4 Å². The maximum Gasteiger partial charge on any atom is 0.272 e. The van der Waals surface area contributed by atoms with E-state index in [-0.39, 0.29) is 17.7 Å². The molecular formula is C22H22N2O4S. The van der Waals surface area contributed by atoms with Crippen LogP contribution in [0.5, 0.6) is 5.75 Å². The summed E-state index contributed by atoms with van der Waals surface area (Å²) in [5.41, 5.74) is 2.15. The van der Waals surface area contributed by atoms with Gasteiger partial charge in [-0.3, -0.25) is 14.4 Å². The van der Waals surface area contributed by atoms with Crippen molar-refractivity contribution in [3.8, 4) is 5.75 Å². The Bertz CT molecular complexity index is 965. The van der Waals surface area contributed by atoms with Crippen LogP contribution in [-0.4, -0.2) is 30.1 Å². The number of thioether (sulfide) groups is 1. The van der Waals surface area contributed by atoms with E-state index >= 15 is 0 Å². The van der Waals surface area contributed by atoms with E-state index in [1.165, 1.54) is 23.6 Å². The van der Waals surface area contributed by atoms with Gasteiger partial charge in [0, 0.05) is 12.6 Å². The van der Waals surface area contributed by atoms with Gasteiger partial charge in [-0.25, -0.2) is 4.90 Å². The smallest absolute Gasteiger partial charge is 0.272 e. The largest absolute Gasteiger partial charge is 0.494 e. The fourth-order valence-electron chi connectivity index (χ4n) is 3.06. The van der Waals surface area contributed by atoms with Crippen molar-refractivity contribution < 1.29 is 19.1 Å². The van der Waals surface area contributed by atoms with Gasteiger partial charge in [-0.05, 0) is 54.6 Å². The molecule has 0 radical (unpaired) electrons. The Kier molecular flexibility index (Phi) is 6.39. The van der Waals surface area contributed by atoms with Gasteiger partial charge in [-0.15, -0.1) is 11.8 Å². The van der Waals surface area contributed by atoms with Crippen LogP contribution in [0.15, 0.2) is 53.4 Å². The summed E-state index contributed by atoms with van der Waals surface area (Å²) in [5.74, 6) is 0.487. The van der Waals surface area contributed by atoms with E-state index < -0.39 is 0 Å². The predicted molar refractivity (Wildman–Crippen MR) is 116 cm³/mol. The minimum Gasteiger partial charge on any atom is -0.494 e. The Morgan fingerprint density at radius 2 is 1.66 bits per heavy atom. The van der Waals surface area contributed by atoms with Crippen molar-refractivity contribution in [2.75, 3.05) is 22.6 Å². The summed E-state index contributed by atoms with van der Waals surface area (Å²) in [6, 6.07) is 13.8. The Labute approximate surface area is 173 Å². The van der Waals surface area contributed by atoms with E-state index in [0.29, 0.717) is 45.5 Å². The van der Waals surface area contributed by atoms with Crippen LogP contribution in [0.25, 0.3) is 5.57 Å². The lowest BCUT2D eigenvalue weighted by Gasteiger charge is -2.16. The molecule has 7 heteroatoms. The zero-order chi connectivity index (χ0) is 21.0. The van der Waals surface area contributed by atoms with Gasteiger partial charge in [0.15, 0.2) is 0 Å². The molecule has 0 fully saturated rings. The first-order valence-electron chi connectivity index (χ1n) is 9.33. The van der Waals surface area contributed by atoms with Crippen molar-refractivity contribution in [3.63, 3.8) is 0 Å². The summed E-state index contributed by atoms with van der Waals surface area (Å²) in [6.07, 6.45) is 0. The minimum atomic E-state index is -0.359. The van der Waals surface area contributed by atoms with E-state index in [4.69, 9.17) is 4.74 Å². The van der Waals surface area contributed by atoms with E-state index in [9.17, 15) is 14.4 Å².